The molecule has 0 radical (unpaired) electrons. The van der Waals surface area contributed by atoms with E-state index in [2.05, 4.69) is 102 Å². The zero-order valence-electron chi connectivity index (χ0n) is 18.8. The van der Waals surface area contributed by atoms with Gasteiger partial charge in [0.1, 0.15) is 0 Å². The molecular formula is C29H30BrNO. The van der Waals surface area contributed by atoms with Gasteiger partial charge in [-0.25, -0.2) is 0 Å². The van der Waals surface area contributed by atoms with Crippen LogP contribution in [0.1, 0.15) is 55.0 Å². The highest BCUT2D eigenvalue weighted by molar-refractivity contribution is 9.10. The summed E-state index contributed by atoms with van der Waals surface area (Å²) in [5.74, 6) is 0.0212. The average Bonchev–Trinajstić information content (AvgIpc) is 2.79. The van der Waals surface area contributed by atoms with Gasteiger partial charge in [0.05, 0.1) is 11.6 Å². The zero-order valence-corrected chi connectivity index (χ0v) is 20.3. The Kier molecular flexibility index (Phi) is 5.59. The van der Waals surface area contributed by atoms with Gasteiger partial charge in [-0.05, 0) is 73.9 Å². The topological polar surface area (TPSA) is 32.6 Å². The number of rotatable bonds is 4. The number of hydrogen-bond donors (Lipinski definition) is 1. The lowest BCUT2D eigenvalue weighted by atomic mass is 9.52. The van der Waals surface area contributed by atoms with Gasteiger partial charge in [0.15, 0.2) is 0 Å². The Morgan fingerprint density at radius 2 is 1.69 bits per heavy atom. The van der Waals surface area contributed by atoms with Gasteiger partial charge in [0.25, 0.3) is 0 Å². The highest BCUT2D eigenvalue weighted by Gasteiger charge is 2.55. The van der Waals surface area contributed by atoms with E-state index in [0.29, 0.717) is 0 Å². The Balaban J connectivity index is 1.71. The van der Waals surface area contributed by atoms with Gasteiger partial charge in [0.2, 0.25) is 0 Å². The molecule has 164 valence electrons. The minimum Gasteiger partial charge on any atom is -0.389 e. The van der Waals surface area contributed by atoms with Gasteiger partial charge >= 0.3 is 0 Å². The fourth-order valence-corrected chi connectivity index (χ4v) is 6.26. The second-order valence-electron chi connectivity index (χ2n) is 9.76. The summed E-state index contributed by atoms with van der Waals surface area (Å²) in [6.07, 6.45) is 3.44. The summed E-state index contributed by atoms with van der Waals surface area (Å²) in [7, 11) is 0. The molecule has 2 bridgehead atoms. The van der Waals surface area contributed by atoms with Crippen molar-refractivity contribution in [3.63, 3.8) is 0 Å². The summed E-state index contributed by atoms with van der Waals surface area (Å²) < 4.78 is 1.10. The first-order valence-corrected chi connectivity index (χ1v) is 12.4. The van der Waals surface area contributed by atoms with Crippen molar-refractivity contribution in [3.8, 4) is 0 Å². The molecule has 1 N–H and O–H groups in total. The number of hydrogen-bond acceptors (Lipinski definition) is 2. The molecule has 5 rings (SSSR count). The molecular weight excluding hydrogens is 458 g/mol. The van der Waals surface area contributed by atoms with Crippen LogP contribution in [0.15, 0.2) is 88.3 Å². The number of aliphatic imine (C=N–C) groups is 1. The van der Waals surface area contributed by atoms with Crippen molar-refractivity contribution in [2.75, 3.05) is 0 Å². The van der Waals surface area contributed by atoms with E-state index in [4.69, 9.17) is 4.99 Å². The molecule has 3 aromatic rings. The van der Waals surface area contributed by atoms with Crippen LogP contribution in [0.2, 0.25) is 0 Å². The third-order valence-electron chi connectivity index (χ3n) is 7.60. The first-order chi connectivity index (χ1) is 15.4. The third-order valence-corrected chi connectivity index (χ3v) is 8.09. The number of benzene rings is 3. The second-order valence-corrected chi connectivity index (χ2v) is 10.7. The molecule has 0 aromatic heterocycles. The van der Waals surface area contributed by atoms with Crippen LogP contribution in [0, 0.1) is 5.92 Å². The van der Waals surface area contributed by atoms with Crippen molar-refractivity contribution in [2.24, 2.45) is 10.9 Å². The quantitative estimate of drug-likeness (QED) is 0.428. The van der Waals surface area contributed by atoms with Crippen molar-refractivity contribution in [2.45, 2.75) is 56.6 Å². The second kappa shape index (κ2) is 8.28. The molecule has 0 amide bonds. The lowest BCUT2D eigenvalue weighted by molar-refractivity contribution is -0.00650. The summed E-state index contributed by atoms with van der Waals surface area (Å²) in [6, 6.07) is 28.0. The minimum atomic E-state index is -0.755. The summed E-state index contributed by atoms with van der Waals surface area (Å²) >= 11 is 3.68. The summed E-state index contributed by atoms with van der Waals surface area (Å²) in [5, 5.41) is 11.5. The van der Waals surface area contributed by atoms with Crippen molar-refractivity contribution >= 4 is 21.6 Å². The van der Waals surface area contributed by atoms with Crippen molar-refractivity contribution in [3.05, 3.63) is 106 Å². The van der Waals surface area contributed by atoms with E-state index >= 15 is 0 Å². The maximum absolute atomic E-state index is 11.5. The predicted octanol–water partition coefficient (Wildman–Crippen LogP) is 6.85. The van der Waals surface area contributed by atoms with E-state index in [1.165, 1.54) is 28.0 Å². The Morgan fingerprint density at radius 3 is 2.41 bits per heavy atom. The lowest BCUT2D eigenvalue weighted by Gasteiger charge is -2.54. The van der Waals surface area contributed by atoms with Crippen LogP contribution in [-0.4, -0.2) is 16.4 Å². The standard InChI is InChI=1S/C29H30BrNO/c1-20(22-11-7-4-8-12-22)31-27-26-18-23-17-24(30)13-14-25(23)29(27,16-15-28(26,2)32)19-21-9-5-3-6-10-21/h3-14,17,20,26,32H,15-16,18-19H2,1-2H3/b31-27-/t20-,26-,28+,29+/m0/s1. The third kappa shape index (κ3) is 3.76. The normalized spacial score (nSPS) is 28.9. The predicted molar refractivity (Wildman–Crippen MR) is 135 cm³/mol. The fraction of sp³-hybridized carbons (Fsp3) is 0.345. The van der Waals surface area contributed by atoms with E-state index in [1.54, 1.807) is 0 Å². The molecule has 2 aliphatic carbocycles. The Hall–Kier alpha value is -2.23. The first kappa shape index (κ1) is 21.6. The van der Waals surface area contributed by atoms with Gasteiger partial charge in [-0.1, -0.05) is 82.7 Å². The molecule has 0 heterocycles. The molecule has 0 spiro atoms. The Bertz CT molecular complexity index is 1140. The molecule has 1 saturated carbocycles. The van der Waals surface area contributed by atoms with Crippen LogP contribution in [0.25, 0.3) is 0 Å². The molecule has 2 nitrogen and oxygen atoms in total. The maximum Gasteiger partial charge on any atom is 0.0720 e. The molecule has 3 heteroatoms. The van der Waals surface area contributed by atoms with E-state index in [1.807, 2.05) is 6.92 Å². The Morgan fingerprint density at radius 1 is 1.00 bits per heavy atom. The summed E-state index contributed by atoms with van der Waals surface area (Å²) in [5.41, 5.74) is 5.50. The molecule has 3 aromatic carbocycles. The lowest BCUT2D eigenvalue weighted by Crippen LogP contribution is -2.59. The number of aliphatic hydroxyl groups is 1. The summed E-state index contributed by atoms with van der Waals surface area (Å²) in [4.78, 5) is 5.42. The number of halogens is 1. The minimum absolute atomic E-state index is 0.0212. The smallest absolute Gasteiger partial charge is 0.0720 e. The van der Waals surface area contributed by atoms with Crippen LogP contribution in [-0.2, 0) is 18.3 Å². The molecule has 1 fully saturated rings. The Labute approximate surface area is 199 Å². The van der Waals surface area contributed by atoms with E-state index in [9.17, 15) is 5.11 Å². The SMILES string of the molecule is C[C@H](/N=C1/[C@@H]2Cc3cc(Br)ccc3[C@]1(Cc1ccccc1)CC[C@@]2(C)O)c1ccccc1. The molecule has 0 saturated heterocycles. The largest absolute Gasteiger partial charge is 0.389 e. The van der Waals surface area contributed by atoms with E-state index < -0.39 is 5.60 Å². The van der Waals surface area contributed by atoms with Crippen LogP contribution < -0.4 is 0 Å². The van der Waals surface area contributed by atoms with E-state index in [0.717, 1.165) is 30.2 Å². The maximum atomic E-state index is 11.5. The van der Waals surface area contributed by atoms with Gasteiger partial charge < -0.3 is 5.11 Å². The molecule has 0 aliphatic heterocycles. The van der Waals surface area contributed by atoms with Crippen molar-refractivity contribution in [1.29, 1.82) is 0 Å². The van der Waals surface area contributed by atoms with Gasteiger partial charge in [-0.3, -0.25) is 4.99 Å². The van der Waals surface area contributed by atoms with Crippen LogP contribution in [0.4, 0.5) is 0 Å². The van der Waals surface area contributed by atoms with Gasteiger partial charge in [-0.2, -0.15) is 0 Å². The monoisotopic (exact) mass is 487 g/mol. The summed E-state index contributed by atoms with van der Waals surface area (Å²) in [6.45, 7) is 4.19. The van der Waals surface area contributed by atoms with Crippen molar-refractivity contribution in [1.82, 2.24) is 0 Å². The van der Waals surface area contributed by atoms with Crippen LogP contribution in [0.3, 0.4) is 0 Å². The van der Waals surface area contributed by atoms with Gasteiger partial charge in [-0.15, -0.1) is 0 Å². The van der Waals surface area contributed by atoms with E-state index in [-0.39, 0.29) is 17.4 Å². The van der Waals surface area contributed by atoms with Crippen LogP contribution >= 0.6 is 15.9 Å². The number of fused-ring (bicyclic) bond motifs is 4. The average molecular weight is 488 g/mol. The fourth-order valence-electron chi connectivity index (χ4n) is 5.85. The van der Waals surface area contributed by atoms with Crippen LogP contribution in [0.5, 0.6) is 0 Å². The molecule has 2 aliphatic rings. The zero-order chi connectivity index (χ0) is 22.3. The van der Waals surface area contributed by atoms with Gasteiger partial charge in [0, 0.05) is 21.5 Å². The first-order valence-electron chi connectivity index (χ1n) is 11.6. The molecule has 32 heavy (non-hydrogen) atoms. The number of nitrogens with zero attached hydrogens (tertiary/aromatic N) is 1. The van der Waals surface area contributed by atoms with Crippen molar-refractivity contribution < 1.29 is 5.11 Å². The highest BCUT2D eigenvalue weighted by Crippen LogP contribution is 2.53. The molecule has 0 unspecified atom stereocenters. The molecule has 4 atom stereocenters. The highest BCUT2D eigenvalue weighted by atomic mass is 79.9.